The maximum absolute atomic E-state index is 6.89. The van der Waals surface area contributed by atoms with E-state index in [-0.39, 0.29) is 0 Å². The number of benzene rings is 10. The molecule has 15 rings (SSSR count). The molecule has 0 aliphatic rings. The van der Waals surface area contributed by atoms with E-state index in [1.165, 1.54) is 52.5 Å². The topological polar surface area (TPSA) is 61.7 Å². The largest absolute Gasteiger partial charge is 0.455 e. The van der Waals surface area contributed by atoms with Gasteiger partial charge in [-0.25, -0.2) is 4.98 Å². The number of furan rings is 1. The fraction of sp³-hybridized carbons (Fsp3) is 0. The van der Waals surface area contributed by atoms with Gasteiger partial charge in [-0.1, -0.05) is 133 Å². The molecule has 10 aromatic carbocycles. The Labute approximate surface area is 379 Å². The van der Waals surface area contributed by atoms with E-state index in [9.17, 15) is 0 Å². The number of hydrogen-bond donors (Lipinski definition) is 0. The molecule has 0 saturated carbocycles. The van der Waals surface area contributed by atoms with Crippen molar-refractivity contribution in [1.29, 1.82) is 0 Å². The molecule has 0 unspecified atom stereocenters. The fourth-order valence-electron chi connectivity index (χ4n) is 10.5. The number of aromatic nitrogens is 5. The quantitative estimate of drug-likeness (QED) is 0.177. The molecule has 306 valence electrons. The molecular weight excluding hydrogens is 827 g/mol. The van der Waals surface area contributed by atoms with Crippen molar-refractivity contribution in [3.8, 4) is 34.4 Å². The van der Waals surface area contributed by atoms with Crippen molar-refractivity contribution in [2.24, 2.45) is 0 Å². The van der Waals surface area contributed by atoms with Crippen molar-refractivity contribution >= 4 is 119 Å². The number of nitrogens with zero attached hydrogens (tertiary/aromatic N) is 5. The molecule has 0 radical (unpaired) electrons. The zero-order chi connectivity index (χ0) is 43.0. The van der Waals surface area contributed by atoms with E-state index in [4.69, 9.17) is 19.4 Å². The van der Waals surface area contributed by atoms with E-state index in [1.807, 2.05) is 12.1 Å². The van der Waals surface area contributed by atoms with E-state index in [2.05, 4.69) is 197 Å². The lowest BCUT2D eigenvalue weighted by atomic mass is 10.0. The summed E-state index contributed by atoms with van der Waals surface area (Å²) >= 11 is 1.79. The van der Waals surface area contributed by atoms with Crippen LogP contribution in [0, 0.1) is 0 Å². The average Bonchev–Trinajstić information content (AvgIpc) is 4.12. The molecule has 0 bridgehead atoms. The fourth-order valence-corrected chi connectivity index (χ4v) is 11.6. The Morgan fingerprint density at radius 2 is 0.924 bits per heavy atom. The minimum Gasteiger partial charge on any atom is -0.455 e. The zero-order valence-electron chi connectivity index (χ0n) is 35.1. The van der Waals surface area contributed by atoms with Crippen molar-refractivity contribution < 1.29 is 4.42 Å². The van der Waals surface area contributed by atoms with Gasteiger partial charge >= 0.3 is 0 Å². The molecule has 0 aliphatic carbocycles. The highest BCUT2D eigenvalue weighted by molar-refractivity contribution is 7.25. The van der Waals surface area contributed by atoms with Gasteiger partial charge in [0.05, 0.1) is 27.6 Å². The van der Waals surface area contributed by atoms with Crippen LogP contribution in [0.4, 0.5) is 0 Å². The SMILES string of the molecule is c1ccc2cc3c(cc2c1)c1cc2ccccc2cc1n3-c1cc(-c2nc(-c3ccc4c(c3)sc3ccccc34)nc(-n3c4ccccc4c4ccccc43)n2)c2oc3ccccc3c2c1. The molecule has 0 atom stereocenters. The summed E-state index contributed by atoms with van der Waals surface area (Å²) in [6.45, 7) is 0. The summed E-state index contributed by atoms with van der Waals surface area (Å²) in [6, 6.07) is 71.6. The van der Waals surface area contributed by atoms with Crippen LogP contribution in [0.5, 0.6) is 0 Å². The van der Waals surface area contributed by atoms with Gasteiger partial charge < -0.3 is 8.98 Å². The van der Waals surface area contributed by atoms with Crippen molar-refractivity contribution in [2.45, 2.75) is 0 Å². The van der Waals surface area contributed by atoms with Gasteiger partial charge in [-0.2, -0.15) is 9.97 Å². The Morgan fingerprint density at radius 3 is 1.62 bits per heavy atom. The van der Waals surface area contributed by atoms with Gasteiger partial charge in [0.1, 0.15) is 11.2 Å². The van der Waals surface area contributed by atoms with Crippen LogP contribution in [-0.4, -0.2) is 24.1 Å². The molecule has 66 heavy (non-hydrogen) atoms. The van der Waals surface area contributed by atoms with Crippen molar-refractivity contribution in [3.05, 3.63) is 200 Å². The molecule has 0 N–H and O–H groups in total. The molecule has 6 nitrogen and oxygen atoms in total. The first-order valence-corrected chi connectivity index (χ1v) is 23.0. The Bertz CT molecular complexity index is 4400. The lowest BCUT2D eigenvalue weighted by Crippen LogP contribution is -2.07. The monoisotopic (exact) mass is 859 g/mol. The smallest absolute Gasteiger partial charge is 0.238 e. The summed E-state index contributed by atoms with van der Waals surface area (Å²) in [5.74, 6) is 1.64. The second-order valence-electron chi connectivity index (χ2n) is 17.2. The third-order valence-corrected chi connectivity index (χ3v) is 14.6. The summed E-state index contributed by atoms with van der Waals surface area (Å²) in [6.07, 6.45) is 0. The van der Waals surface area contributed by atoms with E-state index in [0.29, 0.717) is 17.6 Å². The first kappa shape index (κ1) is 35.8. The van der Waals surface area contributed by atoms with Crippen LogP contribution in [0.1, 0.15) is 0 Å². The van der Waals surface area contributed by atoms with Crippen LogP contribution in [-0.2, 0) is 0 Å². The normalized spacial score (nSPS) is 12.2. The summed E-state index contributed by atoms with van der Waals surface area (Å²) in [7, 11) is 0. The van der Waals surface area contributed by atoms with Gasteiger partial charge in [-0.05, 0) is 88.3 Å². The molecule has 7 heteroatoms. The predicted molar refractivity (Wildman–Crippen MR) is 275 cm³/mol. The number of rotatable bonds is 4. The number of hydrogen-bond acceptors (Lipinski definition) is 5. The van der Waals surface area contributed by atoms with Crippen molar-refractivity contribution in [1.82, 2.24) is 24.1 Å². The maximum atomic E-state index is 6.89. The highest BCUT2D eigenvalue weighted by Crippen LogP contribution is 2.43. The van der Waals surface area contributed by atoms with Crippen LogP contribution in [0.3, 0.4) is 0 Å². The molecule has 5 aromatic heterocycles. The summed E-state index contributed by atoms with van der Waals surface area (Å²) in [4.78, 5) is 16.3. The van der Waals surface area contributed by atoms with Crippen LogP contribution >= 0.6 is 11.3 Å². The van der Waals surface area contributed by atoms with E-state index in [1.54, 1.807) is 11.3 Å². The second kappa shape index (κ2) is 13.4. The lowest BCUT2D eigenvalue weighted by Gasteiger charge is -2.14. The highest BCUT2D eigenvalue weighted by Gasteiger charge is 2.24. The van der Waals surface area contributed by atoms with Crippen LogP contribution in [0.2, 0.25) is 0 Å². The minimum absolute atomic E-state index is 0.524. The Morgan fingerprint density at radius 1 is 0.364 bits per heavy atom. The summed E-state index contributed by atoms with van der Waals surface area (Å²) < 4.78 is 13.9. The standard InChI is InChI=1S/C59H33N5OS/c1-3-15-36-29-51-45(27-34(36)13-1)46-28-35-14-2-4-16-37(35)30-52(46)63(51)39-32-47-42-19-7-11-23-53(42)65-56(47)48(33-39)58-60-57(38-25-26-44-43-20-8-12-24-54(43)66-55(44)31-38)61-59(62-58)64-49-21-9-5-17-40(49)41-18-6-10-22-50(41)64/h1-33H. The molecule has 0 spiro atoms. The molecule has 0 amide bonds. The van der Waals surface area contributed by atoms with Crippen molar-refractivity contribution in [3.63, 3.8) is 0 Å². The van der Waals surface area contributed by atoms with Gasteiger partial charge in [-0.3, -0.25) is 4.57 Å². The zero-order valence-corrected chi connectivity index (χ0v) is 35.9. The van der Waals surface area contributed by atoms with Gasteiger partial charge in [0.25, 0.3) is 0 Å². The third-order valence-electron chi connectivity index (χ3n) is 13.5. The van der Waals surface area contributed by atoms with Crippen LogP contribution in [0.15, 0.2) is 205 Å². The Kier molecular flexibility index (Phi) is 7.28. The first-order valence-electron chi connectivity index (χ1n) is 22.2. The lowest BCUT2D eigenvalue weighted by molar-refractivity contribution is 0.669. The molecule has 0 saturated heterocycles. The van der Waals surface area contributed by atoms with E-state index < -0.39 is 0 Å². The minimum atomic E-state index is 0.524. The second-order valence-corrected chi connectivity index (χ2v) is 18.3. The Balaban J connectivity index is 1.06. The molecule has 5 heterocycles. The molecule has 0 fully saturated rings. The molecule has 0 aliphatic heterocycles. The van der Waals surface area contributed by atoms with Gasteiger partial charge in [0, 0.05) is 63.7 Å². The van der Waals surface area contributed by atoms with Crippen molar-refractivity contribution in [2.75, 3.05) is 0 Å². The number of para-hydroxylation sites is 3. The van der Waals surface area contributed by atoms with Gasteiger partial charge in [0.2, 0.25) is 5.95 Å². The first-order chi connectivity index (χ1) is 32.7. The van der Waals surface area contributed by atoms with Crippen LogP contribution in [0.25, 0.3) is 142 Å². The third kappa shape index (κ3) is 5.14. The van der Waals surface area contributed by atoms with Gasteiger partial charge in [-0.15, -0.1) is 11.3 Å². The maximum Gasteiger partial charge on any atom is 0.238 e. The molecule has 15 aromatic rings. The average molecular weight is 860 g/mol. The number of fused-ring (bicyclic) bond motifs is 14. The Hall–Kier alpha value is -8.65. The summed E-state index contributed by atoms with van der Waals surface area (Å²) in [5, 5.41) is 13.9. The van der Waals surface area contributed by atoms with Crippen LogP contribution < -0.4 is 0 Å². The predicted octanol–water partition coefficient (Wildman–Crippen LogP) is 16.0. The highest BCUT2D eigenvalue weighted by atomic mass is 32.1. The summed E-state index contributed by atoms with van der Waals surface area (Å²) in [5.41, 5.74) is 8.50. The van der Waals surface area contributed by atoms with E-state index in [0.717, 1.165) is 71.6 Å². The van der Waals surface area contributed by atoms with Gasteiger partial charge in [0.15, 0.2) is 11.6 Å². The van der Waals surface area contributed by atoms with E-state index >= 15 is 0 Å². The number of thiophene rings is 1. The molecular formula is C59H33N5OS.